The van der Waals surface area contributed by atoms with Crippen LogP contribution in [0.3, 0.4) is 0 Å². The summed E-state index contributed by atoms with van der Waals surface area (Å²) in [7, 11) is 0. The Kier molecular flexibility index (Phi) is 3.60. The lowest BCUT2D eigenvalue weighted by Gasteiger charge is -2.22. The predicted octanol–water partition coefficient (Wildman–Crippen LogP) is 4.67. The minimum atomic E-state index is 0.939. The molecular formula is C15H20. The van der Waals surface area contributed by atoms with Crippen molar-refractivity contribution in [2.45, 2.75) is 39.0 Å². The van der Waals surface area contributed by atoms with Gasteiger partial charge >= 0.3 is 0 Å². The molecule has 1 atom stereocenters. The Bertz CT molecular complexity index is 321. The van der Waals surface area contributed by atoms with Crippen LogP contribution in [0.25, 0.3) is 6.08 Å². The third kappa shape index (κ3) is 2.95. The van der Waals surface area contributed by atoms with Crippen molar-refractivity contribution in [3.8, 4) is 0 Å². The highest BCUT2D eigenvalue weighted by Gasteiger charge is 2.14. The van der Waals surface area contributed by atoms with Crippen LogP contribution in [0.5, 0.6) is 0 Å². The second-order valence-corrected chi connectivity index (χ2v) is 4.58. The summed E-state index contributed by atoms with van der Waals surface area (Å²) in [6.45, 7) is 2.32. The Morgan fingerprint density at radius 1 is 1.27 bits per heavy atom. The predicted molar refractivity (Wildman–Crippen MR) is 66.7 cm³/mol. The fourth-order valence-electron chi connectivity index (χ4n) is 2.46. The molecule has 1 aliphatic rings. The second kappa shape index (κ2) is 5.16. The van der Waals surface area contributed by atoms with Crippen LogP contribution in [0, 0.1) is 5.92 Å². The first-order chi connectivity index (χ1) is 7.38. The molecule has 0 heterocycles. The van der Waals surface area contributed by atoms with Crippen molar-refractivity contribution in [3.63, 3.8) is 0 Å². The van der Waals surface area contributed by atoms with Gasteiger partial charge in [0.05, 0.1) is 0 Å². The van der Waals surface area contributed by atoms with Crippen LogP contribution >= 0.6 is 0 Å². The maximum absolute atomic E-state index is 2.39. The van der Waals surface area contributed by atoms with Crippen LogP contribution in [0.15, 0.2) is 35.9 Å². The highest BCUT2D eigenvalue weighted by molar-refractivity contribution is 5.52. The van der Waals surface area contributed by atoms with Crippen molar-refractivity contribution in [2.75, 3.05) is 0 Å². The van der Waals surface area contributed by atoms with Crippen LogP contribution in [0.2, 0.25) is 0 Å². The van der Waals surface area contributed by atoms with Gasteiger partial charge in [0.25, 0.3) is 0 Å². The van der Waals surface area contributed by atoms with Crippen LogP contribution in [-0.4, -0.2) is 0 Å². The molecule has 0 bridgehead atoms. The van der Waals surface area contributed by atoms with Gasteiger partial charge in [0.1, 0.15) is 0 Å². The molecule has 0 aliphatic heterocycles. The molecule has 1 aliphatic carbocycles. The summed E-state index contributed by atoms with van der Waals surface area (Å²) in [5.74, 6) is 0.939. The summed E-state index contributed by atoms with van der Waals surface area (Å²) < 4.78 is 0. The Morgan fingerprint density at radius 2 is 2.07 bits per heavy atom. The third-order valence-electron chi connectivity index (χ3n) is 3.41. The van der Waals surface area contributed by atoms with E-state index in [1.807, 2.05) is 0 Å². The molecule has 0 nitrogen and oxygen atoms in total. The first-order valence-electron chi connectivity index (χ1n) is 6.13. The van der Waals surface area contributed by atoms with Crippen LogP contribution in [-0.2, 0) is 0 Å². The lowest BCUT2D eigenvalue weighted by atomic mass is 9.83. The maximum atomic E-state index is 2.39. The van der Waals surface area contributed by atoms with E-state index >= 15 is 0 Å². The van der Waals surface area contributed by atoms with E-state index in [4.69, 9.17) is 0 Å². The Balaban J connectivity index is 2.07. The molecule has 0 heteroatoms. The fraction of sp³-hybridized carbons (Fsp3) is 0.467. The van der Waals surface area contributed by atoms with Crippen LogP contribution in [0.4, 0.5) is 0 Å². The zero-order valence-electron chi connectivity index (χ0n) is 9.58. The quantitative estimate of drug-likeness (QED) is 0.650. The van der Waals surface area contributed by atoms with Gasteiger partial charge in [0, 0.05) is 0 Å². The number of hydrogen-bond acceptors (Lipinski definition) is 0. The molecule has 0 amide bonds. The largest absolute Gasteiger partial charge is 0.0693 e. The molecule has 1 aromatic rings. The SMILES string of the molecule is CCC1CCC/C(=C\c2ccccc2)C1. The monoisotopic (exact) mass is 200 g/mol. The molecule has 0 N–H and O–H groups in total. The molecule has 0 saturated heterocycles. The van der Waals surface area contributed by atoms with E-state index in [1.165, 1.54) is 37.7 Å². The lowest BCUT2D eigenvalue weighted by molar-refractivity contribution is 0.409. The summed E-state index contributed by atoms with van der Waals surface area (Å²) in [6, 6.07) is 10.7. The van der Waals surface area contributed by atoms with E-state index in [2.05, 4.69) is 43.3 Å². The molecular weight excluding hydrogens is 180 g/mol. The van der Waals surface area contributed by atoms with Gasteiger partial charge in [-0.15, -0.1) is 0 Å². The molecule has 0 spiro atoms. The van der Waals surface area contributed by atoms with Gasteiger partial charge in [-0.3, -0.25) is 0 Å². The topological polar surface area (TPSA) is 0 Å². The number of allylic oxidation sites excluding steroid dienone is 1. The van der Waals surface area contributed by atoms with Crippen molar-refractivity contribution in [2.24, 2.45) is 5.92 Å². The van der Waals surface area contributed by atoms with Gasteiger partial charge < -0.3 is 0 Å². The van der Waals surface area contributed by atoms with E-state index in [-0.39, 0.29) is 0 Å². The maximum Gasteiger partial charge on any atom is -0.0257 e. The van der Waals surface area contributed by atoms with Crippen molar-refractivity contribution in [1.29, 1.82) is 0 Å². The van der Waals surface area contributed by atoms with Crippen molar-refractivity contribution >= 4 is 6.08 Å². The van der Waals surface area contributed by atoms with Gasteiger partial charge in [-0.05, 0) is 37.2 Å². The van der Waals surface area contributed by atoms with Crippen molar-refractivity contribution in [3.05, 3.63) is 41.5 Å². The van der Waals surface area contributed by atoms with Gasteiger partial charge in [-0.1, -0.05) is 55.3 Å². The minimum absolute atomic E-state index is 0.939. The Morgan fingerprint density at radius 3 is 2.80 bits per heavy atom. The molecule has 15 heavy (non-hydrogen) atoms. The van der Waals surface area contributed by atoms with E-state index in [1.54, 1.807) is 5.57 Å². The summed E-state index contributed by atoms with van der Waals surface area (Å²) in [5.41, 5.74) is 3.02. The zero-order valence-corrected chi connectivity index (χ0v) is 9.58. The van der Waals surface area contributed by atoms with Crippen molar-refractivity contribution < 1.29 is 0 Å². The third-order valence-corrected chi connectivity index (χ3v) is 3.41. The van der Waals surface area contributed by atoms with Gasteiger partial charge in [0.2, 0.25) is 0 Å². The summed E-state index contributed by atoms with van der Waals surface area (Å²) >= 11 is 0. The van der Waals surface area contributed by atoms with Gasteiger partial charge in [-0.2, -0.15) is 0 Å². The molecule has 1 fully saturated rings. The smallest absolute Gasteiger partial charge is 0.0257 e. The normalized spacial score (nSPS) is 24.3. The van der Waals surface area contributed by atoms with Gasteiger partial charge in [-0.25, -0.2) is 0 Å². The molecule has 1 unspecified atom stereocenters. The standard InChI is InChI=1S/C15H20/c1-2-13-9-6-10-15(11-13)12-14-7-4-3-5-8-14/h3-5,7-8,12-13H,2,6,9-11H2,1H3/b15-12+. The molecule has 0 radical (unpaired) electrons. The second-order valence-electron chi connectivity index (χ2n) is 4.58. The summed E-state index contributed by atoms with van der Waals surface area (Å²) in [6.07, 6.45) is 9.19. The Hall–Kier alpha value is -1.04. The highest BCUT2D eigenvalue weighted by Crippen LogP contribution is 2.31. The zero-order chi connectivity index (χ0) is 10.5. The van der Waals surface area contributed by atoms with E-state index in [0.29, 0.717) is 0 Å². The molecule has 1 saturated carbocycles. The number of hydrogen-bond donors (Lipinski definition) is 0. The first-order valence-corrected chi connectivity index (χ1v) is 6.13. The summed E-state index contributed by atoms with van der Waals surface area (Å²) in [4.78, 5) is 0. The highest BCUT2D eigenvalue weighted by atomic mass is 14.2. The van der Waals surface area contributed by atoms with Gasteiger partial charge in [0.15, 0.2) is 0 Å². The molecule has 80 valence electrons. The minimum Gasteiger partial charge on any atom is -0.0693 e. The average molecular weight is 200 g/mol. The molecule has 0 aromatic heterocycles. The van der Waals surface area contributed by atoms with E-state index in [9.17, 15) is 0 Å². The number of rotatable bonds is 2. The van der Waals surface area contributed by atoms with E-state index in [0.717, 1.165) is 5.92 Å². The first kappa shape index (κ1) is 10.5. The summed E-state index contributed by atoms with van der Waals surface area (Å²) in [5, 5.41) is 0. The molecule has 1 aromatic carbocycles. The number of benzene rings is 1. The average Bonchev–Trinajstić information content (AvgIpc) is 2.31. The fourth-order valence-corrected chi connectivity index (χ4v) is 2.46. The Labute approximate surface area is 93.0 Å². The molecule has 2 rings (SSSR count). The van der Waals surface area contributed by atoms with E-state index < -0.39 is 0 Å². The van der Waals surface area contributed by atoms with Crippen LogP contribution in [0.1, 0.15) is 44.6 Å². The van der Waals surface area contributed by atoms with Crippen LogP contribution < -0.4 is 0 Å². The van der Waals surface area contributed by atoms with Crippen molar-refractivity contribution in [1.82, 2.24) is 0 Å². The lowest BCUT2D eigenvalue weighted by Crippen LogP contribution is -2.06.